The molecule has 2 aliphatic rings. The van der Waals surface area contributed by atoms with Gasteiger partial charge in [0.1, 0.15) is 11.5 Å². The van der Waals surface area contributed by atoms with Gasteiger partial charge in [-0.2, -0.15) is 0 Å². The van der Waals surface area contributed by atoms with Crippen LogP contribution in [0.3, 0.4) is 0 Å². The molecule has 1 aliphatic heterocycles. The molecule has 1 unspecified atom stereocenters. The molecular weight excluding hydrogens is 495 g/mol. The van der Waals surface area contributed by atoms with Crippen LogP contribution in [0.25, 0.3) is 0 Å². The molecule has 5 nitrogen and oxygen atoms in total. The van der Waals surface area contributed by atoms with Gasteiger partial charge >= 0.3 is 7.60 Å². The number of halogens is 1. The van der Waals surface area contributed by atoms with Crippen molar-refractivity contribution in [3.8, 4) is 11.5 Å². The highest BCUT2D eigenvalue weighted by Gasteiger charge is 2.35. The number of fused-ring (bicyclic) bond motifs is 1. The third kappa shape index (κ3) is 5.21. The molecular formula is C29H32ClO5P. The fourth-order valence-corrected chi connectivity index (χ4v) is 7.15. The van der Waals surface area contributed by atoms with Crippen LogP contribution < -0.4 is 4.74 Å². The summed E-state index contributed by atoms with van der Waals surface area (Å²) in [4.78, 5) is 0. The summed E-state index contributed by atoms with van der Waals surface area (Å²) in [6.07, 6.45) is 3.01. The maximum absolute atomic E-state index is 13.3. The number of benzene rings is 3. The van der Waals surface area contributed by atoms with E-state index in [-0.39, 0.29) is 12.5 Å². The highest BCUT2D eigenvalue weighted by molar-refractivity contribution is 7.53. The van der Waals surface area contributed by atoms with Gasteiger partial charge in [0.25, 0.3) is 0 Å². The van der Waals surface area contributed by atoms with Crippen LogP contribution in [-0.2, 0) is 26.5 Å². The Hall–Kier alpha value is -2.30. The number of aromatic hydroxyl groups is 1. The quantitative estimate of drug-likeness (QED) is 0.329. The maximum Gasteiger partial charge on any atom is 0.368 e. The first kappa shape index (κ1) is 25.4. The number of phenolic OH excluding ortho intramolecular Hbond substituents is 1. The average molecular weight is 527 g/mol. The van der Waals surface area contributed by atoms with Gasteiger partial charge in [0.05, 0.1) is 12.7 Å². The Kier molecular flexibility index (Phi) is 7.20. The van der Waals surface area contributed by atoms with Gasteiger partial charge in [0.15, 0.2) is 6.35 Å². The predicted octanol–water partition coefficient (Wildman–Crippen LogP) is 8.01. The van der Waals surface area contributed by atoms with Gasteiger partial charge in [0, 0.05) is 17.0 Å². The van der Waals surface area contributed by atoms with Gasteiger partial charge in [-0.3, -0.25) is 9.09 Å². The Morgan fingerprint density at radius 1 is 1.11 bits per heavy atom. The zero-order valence-electron chi connectivity index (χ0n) is 20.9. The zero-order valence-corrected chi connectivity index (χ0v) is 22.6. The van der Waals surface area contributed by atoms with Crippen LogP contribution in [0, 0.1) is 13.8 Å². The maximum atomic E-state index is 13.3. The van der Waals surface area contributed by atoms with Crippen LogP contribution in [0.4, 0.5) is 0 Å². The number of hydrogen-bond acceptors (Lipinski definition) is 5. The third-order valence-electron chi connectivity index (χ3n) is 7.35. The van der Waals surface area contributed by atoms with Crippen molar-refractivity contribution >= 4 is 19.2 Å². The summed E-state index contributed by atoms with van der Waals surface area (Å²) in [5, 5.41) is 11.0. The smallest absolute Gasteiger partial charge is 0.368 e. The highest BCUT2D eigenvalue weighted by atomic mass is 35.5. The lowest BCUT2D eigenvalue weighted by molar-refractivity contribution is 0.0725. The molecule has 0 radical (unpaired) electrons. The number of hydrogen-bond donors (Lipinski definition) is 1. The predicted molar refractivity (Wildman–Crippen MR) is 143 cm³/mol. The fraction of sp³-hybridized carbons (Fsp3) is 0.379. The van der Waals surface area contributed by atoms with Gasteiger partial charge in [0.2, 0.25) is 0 Å². The van der Waals surface area contributed by atoms with E-state index in [9.17, 15) is 9.67 Å². The van der Waals surface area contributed by atoms with Crippen molar-refractivity contribution < 1.29 is 23.5 Å². The monoisotopic (exact) mass is 526 g/mol. The Morgan fingerprint density at radius 3 is 2.64 bits per heavy atom. The SMILES string of the molecule is Cc1cc(OC[P@@]2(=O)OCC[C@@H](c3cccc(Cl)c3)O2)cc(C)c1Cc1ccc(O)c2c1CCC2C. The standard InChI is InChI=1S/C29H32ClO5P/c1-18-7-9-25-21(8-10-27(31)29(18)25)16-26-19(2)13-24(14-20(26)3)33-17-36(32)34-12-11-28(35-36)22-5-4-6-23(30)15-22/h4-6,8,10,13-15,18,28,31H,7,9,11-12,16-17H2,1-3H3/t18?,28-,36+/m0/s1. The lowest BCUT2D eigenvalue weighted by atomic mass is 9.91. The summed E-state index contributed by atoms with van der Waals surface area (Å²) in [5.41, 5.74) is 8.02. The molecule has 0 bridgehead atoms. The van der Waals surface area contributed by atoms with Gasteiger partial charge in [-0.15, -0.1) is 0 Å². The van der Waals surface area contributed by atoms with E-state index in [1.165, 1.54) is 16.7 Å². The van der Waals surface area contributed by atoms with E-state index in [2.05, 4.69) is 26.8 Å². The Labute approximate surface area is 217 Å². The first-order chi connectivity index (χ1) is 17.2. The molecule has 3 aromatic carbocycles. The molecule has 3 atom stereocenters. The number of ether oxygens (including phenoxy) is 1. The van der Waals surface area contributed by atoms with E-state index < -0.39 is 7.60 Å². The van der Waals surface area contributed by atoms with Crippen molar-refractivity contribution in [1.82, 2.24) is 0 Å². The van der Waals surface area contributed by atoms with Crippen molar-refractivity contribution in [2.75, 3.05) is 13.0 Å². The minimum absolute atomic E-state index is 0.147. The largest absolute Gasteiger partial charge is 0.508 e. The minimum Gasteiger partial charge on any atom is -0.508 e. The van der Waals surface area contributed by atoms with Crippen LogP contribution in [0.2, 0.25) is 5.02 Å². The van der Waals surface area contributed by atoms with Crippen LogP contribution in [0.5, 0.6) is 11.5 Å². The molecule has 7 heteroatoms. The lowest BCUT2D eigenvalue weighted by Gasteiger charge is -2.30. The highest BCUT2D eigenvalue weighted by Crippen LogP contribution is 2.56. The van der Waals surface area contributed by atoms with E-state index in [1.54, 1.807) is 6.07 Å². The van der Waals surface area contributed by atoms with Crippen LogP contribution in [0.1, 0.15) is 70.7 Å². The van der Waals surface area contributed by atoms with Gasteiger partial charge in [-0.1, -0.05) is 36.7 Å². The summed E-state index contributed by atoms with van der Waals surface area (Å²) in [6, 6.07) is 15.3. The fourth-order valence-electron chi connectivity index (χ4n) is 5.45. The molecule has 0 spiro atoms. The molecule has 36 heavy (non-hydrogen) atoms. The van der Waals surface area contributed by atoms with Crippen molar-refractivity contribution in [3.63, 3.8) is 0 Å². The minimum atomic E-state index is -3.42. The van der Waals surface area contributed by atoms with Crippen LogP contribution in [-0.4, -0.2) is 18.1 Å². The van der Waals surface area contributed by atoms with Gasteiger partial charge in [-0.05, 0) is 103 Å². The molecule has 0 saturated carbocycles. The number of rotatable bonds is 6. The Balaban J connectivity index is 1.29. The average Bonchev–Trinajstić information content (AvgIpc) is 3.24. The van der Waals surface area contributed by atoms with Crippen LogP contribution in [0.15, 0.2) is 48.5 Å². The second-order valence-electron chi connectivity index (χ2n) is 9.94. The molecule has 5 rings (SSSR count). The van der Waals surface area contributed by atoms with Crippen LogP contribution >= 0.6 is 19.2 Å². The van der Waals surface area contributed by atoms with Gasteiger partial charge < -0.3 is 14.4 Å². The normalized spacial score (nSPS) is 23.4. The van der Waals surface area contributed by atoms with Crippen molar-refractivity contribution in [1.29, 1.82) is 0 Å². The van der Waals surface area contributed by atoms with E-state index in [0.717, 1.165) is 41.5 Å². The van der Waals surface area contributed by atoms with Crippen molar-refractivity contribution in [3.05, 3.63) is 92.5 Å². The van der Waals surface area contributed by atoms with Crippen molar-refractivity contribution in [2.24, 2.45) is 0 Å². The van der Waals surface area contributed by atoms with Crippen molar-refractivity contribution in [2.45, 2.75) is 58.5 Å². The summed E-state index contributed by atoms with van der Waals surface area (Å²) >= 11 is 6.12. The zero-order chi connectivity index (χ0) is 25.4. The first-order valence-electron chi connectivity index (χ1n) is 12.5. The Morgan fingerprint density at radius 2 is 1.89 bits per heavy atom. The van der Waals surface area contributed by atoms with E-state index in [0.29, 0.717) is 35.5 Å². The van der Waals surface area contributed by atoms with E-state index in [1.807, 2.05) is 36.4 Å². The van der Waals surface area contributed by atoms with Gasteiger partial charge in [-0.25, -0.2) is 0 Å². The van der Waals surface area contributed by atoms with E-state index in [4.69, 9.17) is 25.4 Å². The molecule has 1 heterocycles. The number of phenols is 1. The summed E-state index contributed by atoms with van der Waals surface area (Å²) < 4.78 is 30.7. The molecule has 3 aromatic rings. The topological polar surface area (TPSA) is 65.0 Å². The molecule has 1 fully saturated rings. The second kappa shape index (κ2) is 10.2. The summed E-state index contributed by atoms with van der Waals surface area (Å²) in [5.74, 6) is 1.45. The lowest BCUT2D eigenvalue weighted by Crippen LogP contribution is -2.17. The second-order valence-corrected chi connectivity index (χ2v) is 12.3. The molecule has 0 aromatic heterocycles. The summed E-state index contributed by atoms with van der Waals surface area (Å²) in [6.45, 7) is 6.66. The molecule has 1 saturated heterocycles. The van der Waals surface area contributed by atoms with E-state index >= 15 is 0 Å². The Bertz CT molecular complexity index is 1310. The third-order valence-corrected chi connectivity index (χ3v) is 9.19. The molecule has 0 amide bonds. The number of aryl methyl sites for hydroxylation is 2. The molecule has 190 valence electrons. The molecule has 1 aliphatic carbocycles. The molecule has 1 N–H and O–H groups in total. The summed E-state index contributed by atoms with van der Waals surface area (Å²) in [7, 11) is -3.42. The first-order valence-corrected chi connectivity index (χ1v) is 14.6.